The molecule has 0 aliphatic carbocycles. The summed E-state index contributed by atoms with van der Waals surface area (Å²) in [6, 6.07) is 10.2. The van der Waals surface area contributed by atoms with Crippen molar-refractivity contribution in [3.63, 3.8) is 0 Å². The van der Waals surface area contributed by atoms with Gasteiger partial charge in [0.15, 0.2) is 0 Å². The Labute approximate surface area is 137 Å². The second-order valence-electron chi connectivity index (χ2n) is 5.21. The Morgan fingerprint density at radius 3 is 2.68 bits per heavy atom. The zero-order valence-electron chi connectivity index (χ0n) is 13.0. The lowest BCUT2D eigenvalue weighted by atomic mass is 10.1. The molecule has 6 heteroatoms. The van der Waals surface area contributed by atoms with Gasteiger partial charge in [-0.05, 0) is 12.6 Å². The second kappa shape index (κ2) is 9.23. The second-order valence-corrected chi connectivity index (χ2v) is 5.21. The standard InChI is InChI=1S/C16H22N4O.ClH/c1-13(8-17-2)16(21)18-9-15-10-19-20(12-15)11-14-6-4-3-5-7-14;/h3-7,10,12-13,17H,8-9,11H2,1-2H3,(H,18,21);1H. The number of nitrogens with zero attached hydrogens (tertiary/aromatic N) is 2. The van der Waals surface area contributed by atoms with Gasteiger partial charge in [-0.25, -0.2) is 0 Å². The highest BCUT2D eigenvalue weighted by molar-refractivity contribution is 5.85. The summed E-state index contributed by atoms with van der Waals surface area (Å²) in [5.74, 6) is 0.0227. The minimum absolute atomic E-state index is 0. The van der Waals surface area contributed by atoms with Crippen LogP contribution in [0.2, 0.25) is 0 Å². The molecule has 1 unspecified atom stereocenters. The normalized spacial score (nSPS) is 11.5. The lowest BCUT2D eigenvalue weighted by molar-refractivity contribution is -0.124. The highest BCUT2D eigenvalue weighted by atomic mass is 35.5. The number of amides is 1. The van der Waals surface area contributed by atoms with Crippen molar-refractivity contribution in [1.82, 2.24) is 20.4 Å². The lowest BCUT2D eigenvalue weighted by Gasteiger charge is -2.10. The Kier molecular flexibility index (Phi) is 7.63. The van der Waals surface area contributed by atoms with Crippen LogP contribution in [0.1, 0.15) is 18.1 Å². The van der Waals surface area contributed by atoms with Crippen LogP contribution in [0.5, 0.6) is 0 Å². The first-order valence-corrected chi connectivity index (χ1v) is 7.16. The Morgan fingerprint density at radius 1 is 1.27 bits per heavy atom. The molecule has 1 aromatic heterocycles. The molecule has 2 rings (SSSR count). The third-order valence-electron chi connectivity index (χ3n) is 3.30. The Hall–Kier alpha value is -1.85. The molecule has 1 amide bonds. The Balaban J connectivity index is 0.00000242. The van der Waals surface area contributed by atoms with Gasteiger partial charge in [-0.1, -0.05) is 37.3 Å². The van der Waals surface area contributed by atoms with Gasteiger partial charge in [-0.3, -0.25) is 9.48 Å². The van der Waals surface area contributed by atoms with Crippen LogP contribution >= 0.6 is 12.4 Å². The molecule has 0 aliphatic heterocycles. The fourth-order valence-corrected chi connectivity index (χ4v) is 2.12. The van der Waals surface area contributed by atoms with Gasteiger partial charge >= 0.3 is 0 Å². The molecule has 1 heterocycles. The van der Waals surface area contributed by atoms with Gasteiger partial charge in [0.05, 0.1) is 12.7 Å². The summed E-state index contributed by atoms with van der Waals surface area (Å²) in [6.45, 7) is 3.84. The van der Waals surface area contributed by atoms with Crippen molar-refractivity contribution >= 4 is 18.3 Å². The number of halogens is 1. The molecule has 1 atom stereocenters. The summed E-state index contributed by atoms with van der Waals surface area (Å²) in [7, 11) is 1.84. The molecular formula is C16H23ClN4O. The SMILES string of the molecule is CNCC(C)C(=O)NCc1cnn(Cc2ccccc2)c1.Cl. The number of benzene rings is 1. The van der Waals surface area contributed by atoms with Crippen LogP contribution in [-0.4, -0.2) is 29.3 Å². The highest BCUT2D eigenvalue weighted by Gasteiger charge is 2.11. The van der Waals surface area contributed by atoms with Crippen LogP contribution in [0.15, 0.2) is 42.7 Å². The van der Waals surface area contributed by atoms with Gasteiger partial charge in [0.2, 0.25) is 5.91 Å². The van der Waals surface area contributed by atoms with Crippen LogP contribution in [0.4, 0.5) is 0 Å². The first-order valence-electron chi connectivity index (χ1n) is 7.16. The third-order valence-corrected chi connectivity index (χ3v) is 3.30. The smallest absolute Gasteiger partial charge is 0.224 e. The van der Waals surface area contributed by atoms with Crippen molar-refractivity contribution in [1.29, 1.82) is 0 Å². The van der Waals surface area contributed by atoms with Gasteiger partial charge in [0, 0.05) is 30.8 Å². The molecule has 0 radical (unpaired) electrons. The average Bonchev–Trinajstić information content (AvgIpc) is 2.93. The quantitative estimate of drug-likeness (QED) is 0.817. The number of aromatic nitrogens is 2. The number of nitrogens with one attached hydrogen (secondary N) is 2. The van der Waals surface area contributed by atoms with Crippen molar-refractivity contribution in [2.45, 2.75) is 20.0 Å². The number of carbonyl (C=O) groups excluding carboxylic acids is 1. The fourth-order valence-electron chi connectivity index (χ4n) is 2.12. The summed E-state index contributed by atoms with van der Waals surface area (Å²) < 4.78 is 1.88. The molecule has 0 aliphatic rings. The minimum atomic E-state index is -0.0330. The first-order chi connectivity index (χ1) is 10.2. The molecular weight excluding hydrogens is 300 g/mol. The first kappa shape index (κ1) is 18.2. The van der Waals surface area contributed by atoms with E-state index >= 15 is 0 Å². The zero-order chi connectivity index (χ0) is 15.1. The third kappa shape index (κ3) is 5.50. The van der Waals surface area contributed by atoms with E-state index in [1.807, 2.05) is 43.0 Å². The molecule has 1 aromatic carbocycles. The molecule has 0 fully saturated rings. The topological polar surface area (TPSA) is 59.0 Å². The molecule has 0 saturated carbocycles. The fraction of sp³-hybridized carbons (Fsp3) is 0.375. The summed E-state index contributed by atoms with van der Waals surface area (Å²) in [6.07, 6.45) is 3.77. The Bertz CT molecular complexity index is 571. The molecule has 2 N–H and O–H groups in total. The van der Waals surface area contributed by atoms with Crippen LogP contribution in [0, 0.1) is 5.92 Å². The average molecular weight is 323 g/mol. The van der Waals surface area contributed by atoms with Crippen LogP contribution in [-0.2, 0) is 17.9 Å². The van der Waals surface area contributed by atoms with E-state index in [0.717, 1.165) is 12.1 Å². The molecule has 120 valence electrons. The summed E-state index contributed by atoms with van der Waals surface area (Å²) in [4.78, 5) is 11.8. The predicted octanol–water partition coefficient (Wildman–Crippen LogP) is 1.82. The molecule has 0 bridgehead atoms. The van der Waals surface area contributed by atoms with Gasteiger partial charge < -0.3 is 10.6 Å². The van der Waals surface area contributed by atoms with Crippen molar-refractivity contribution in [3.8, 4) is 0 Å². The van der Waals surface area contributed by atoms with Crippen LogP contribution in [0.3, 0.4) is 0 Å². The number of rotatable bonds is 7. The zero-order valence-corrected chi connectivity index (χ0v) is 13.8. The van der Waals surface area contributed by atoms with E-state index in [4.69, 9.17) is 0 Å². The molecule has 22 heavy (non-hydrogen) atoms. The summed E-state index contributed by atoms with van der Waals surface area (Å²) in [5, 5.41) is 10.3. The van der Waals surface area contributed by atoms with E-state index in [2.05, 4.69) is 27.9 Å². The summed E-state index contributed by atoms with van der Waals surface area (Å²) >= 11 is 0. The van der Waals surface area contributed by atoms with Crippen molar-refractivity contribution in [3.05, 3.63) is 53.9 Å². The maximum absolute atomic E-state index is 11.8. The lowest BCUT2D eigenvalue weighted by Crippen LogP contribution is -2.33. The largest absolute Gasteiger partial charge is 0.352 e. The number of carbonyl (C=O) groups is 1. The van der Waals surface area contributed by atoms with Gasteiger partial charge in [-0.2, -0.15) is 5.10 Å². The van der Waals surface area contributed by atoms with Gasteiger partial charge in [0.1, 0.15) is 0 Å². The molecule has 0 saturated heterocycles. The number of hydrogen-bond donors (Lipinski definition) is 2. The van der Waals surface area contributed by atoms with E-state index in [1.165, 1.54) is 5.56 Å². The van der Waals surface area contributed by atoms with Gasteiger partial charge in [0.25, 0.3) is 0 Å². The maximum atomic E-state index is 11.8. The van der Waals surface area contributed by atoms with E-state index in [0.29, 0.717) is 13.1 Å². The monoisotopic (exact) mass is 322 g/mol. The van der Waals surface area contributed by atoms with Crippen molar-refractivity contribution in [2.75, 3.05) is 13.6 Å². The van der Waals surface area contributed by atoms with E-state index < -0.39 is 0 Å². The van der Waals surface area contributed by atoms with Crippen molar-refractivity contribution < 1.29 is 4.79 Å². The molecule has 0 spiro atoms. The van der Waals surface area contributed by atoms with E-state index in [1.54, 1.807) is 6.20 Å². The van der Waals surface area contributed by atoms with Crippen LogP contribution in [0.25, 0.3) is 0 Å². The maximum Gasteiger partial charge on any atom is 0.224 e. The minimum Gasteiger partial charge on any atom is -0.352 e. The van der Waals surface area contributed by atoms with Gasteiger partial charge in [-0.15, -0.1) is 12.4 Å². The summed E-state index contributed by atoms with van der Waals surface area (Å²) in [5.41, 5.74) is 2.22. The van der Waals surface area contributed by atoms with E-state index in [9.17, 15) is 4.79 Å². The molecule has 2 aromatic rings. The predicted molar refractivity (Wildman–Crippen MR) is 90.0 cm³/mol. The Morgan fingerprint density at radius 2 is 2.00 bits per heavy atom. The van der Waals surface area contributed by atoms with Crippen molar-refractivity contribution in [2.24, 2.45) is 5.92 Å². The number of hydrogen-bond acceptors (Lipinski definition) is 3. The highest BCUT2D eigenvalue weighted by Crippen LogP contribution is 2.04. The van der Waals surface area contributed by atoms with Crippen LogP contribution < -0.4 is 10.6 Å². The van der Waals surface area contributed by atoms with E-state index in [-0.39, 0.29) is 24.2 Å². The molecule has 5 nitrogen and oxygen atoms in total.